The molecule has 8 heteroatoms. The zero-order valence-electron chi connectivity index (χ0n) is 13.2. The van der Waals surface area contributed by atoms with Gasteiger partial charge in [0.2, 0.25) is 5.82 Å². The molecule has 0 unspecified atom stereocenters. The number of halogens is 1. The minimum Gasteiger partial charge on any atom is -0.394 e. The maximum absolute atomic E-state index is 12.9. The van der Waals surface area contributed by atoms with Crippen LogP contribution in [0.5, 0.6) is 0 Å². The van der Waals surface area contributed by atoms with E-state index >= 15 is 0 Å². The largest absolute Gasteiger partial charge is 0.394 e. The summed E-state index contributed by atoms with van der Waals surface area (Å²) in [6.07, 6.45) is 0. The Bertz CT molecular complexity index is 900. The first kappa shape index (κ1) is 16.5. The van der Waals surface area contributed by atoms with E-state index < -0.39 is 0 Å². The van der Waals surface area contributed by atoms with Gasteiger partial charge in [0.25, 0.3) is 0 Å². The average molecular weight is 390 g/mol. The van der Waals surface area contributed by atoms with Crippen LogP contribution in [0, 0.1) is 13.8 Å². The van der Waals surface area contributed by atoms with E-state index in [0.717, 1.165) is 15.7 Å². The number of aromatic nitrogens is 5. The fraction of sp³-hybridized carbons (Fsp3) is 0.250. The second-order valence-electron chi connectivity index (χ2n) is 5.40. The van der Waals surface area contributed by atoms with Gasteiger partial charge >= 0.3 is 0 Å². The lowest BCUT2D eigenvalue weighted by Gasteiger charge is -2.03. The Labute approximate surface area is 146 Å². The number of benzene rings is 1. The summed E-state index contributed by atoms with van der Waals surface area (Å²) >= 11 is 3.39. The number of rotatable bonds is 5. The Hall–Kier alpha value is -2.32. The summed E-state index contributed by atoms with van der Waals surface area (Å²) in [4.78, 5) is 17.4. The topological polar surface area (TPSA) is 96.7 Å². The molecular weight excluding hydrogens is 374 g/mol. The van der Waals surface area contributed by atoms with Gasteiger partial charge in [-0.2, -0.15) is 4.80 Å². The Balaban J connectivity index is 2.01. The van der Waals surface area contributed by atoms with Gasteiger partial charge in [-0.1, -0.05) is 28.1 Å². The summed E-state index contributed by atoms with van der Waals surface area (Å²) in [6, 6.07) is 7.29. The van der Waals surface area contributed by atoms with E-state index in [4.69, 9.17) is 5.11 Å². The number of carbonyl (C=O) groups is 1. The minimum atomic E-state index is -0.0643. The second kappa shape index (κ2) is 6.66. The maximum atomic E-state index is 12.9. The van der Waals surface area contributed by atoms with E-state index in [1.807, 2.05) is 26.0 Å². The van der Waals surface area contributed by atoms with Crippen molar-refractivity contribution in [3.63, 3.8) is 0 Å². The van der Waals surface area contributed by atoms with E-state index in [1.165, 1.54) is 4.80 Å². The molecule has 0 amide bonds. The molecule has 7 nitrogen and oxygen atoms in total. The third-order valence-electron chi connectivity index (χ3n) is 3.73. The summed E-state index contributed by atoms with van der Waals surface area (Å²) in [7, 11) is 0. The van der Waals surface area contributed by atoms with Crippen molar-refractivity contribution in [1.82, 2.24) is 25.2 Å². The highest BCUT2D eigenvalue weighted by Crippen LogP contribution is 2.27. The smallest absolute Gasteiger partial charge is 0.221 e. The van der Waals surface area contributed by atoms with Crippen molar-refractivity contribution in [2.24, 2.45) is 0 Å². The van der Waals surface area contributed by atoms with Gasteiger partial charge in [-0.15, -0.1) is 10.2 Å². The van der Waals surface area contributed by atoms with Crippen LogP contribution in [0.4, 0.5) is 0 Å². The Morgan fingerprint density at radius 3 is 2.88 bits per heavy atom. The van der Waals surface area contributed by atoms with Crippen LogP contribution in [0.3, 0.4) is 0 Å². The number of aromatic amines is 1. The molecule has 0 aliphatic heterocycles. The molecular formula is C16H16BrN5O2. The molecule has 1 aromatic carbocycles. The highest BCUT2D eigenvalue weighted by Gasteiger charge is 2.22. The van der Waals surface area contributed by atoms with Gasteiger partial charge in [0.05, 0.1) is 18.8 Å². The molecule has 0 spiro atoms. The van der Waals surface area contributed by atoms with Gasteiger partial charge in [-0.3, -0.25) is 4.79 Å². The molecule has 2 heterocycles. The molecule has 0 radical (unpaired) electrons. The van der Waals surface area contributed by atoms with E-state index in [1.54, 1.807) is 12.1 Å². The number of carbonyl (C=O) groups excluding carboxylic acids is 1. The summed E-state index contributed by atoms with van der Waals surface area (Å²) in [6.45, 7) is 3.91. The molecule has 124 valence electrons. The third-order valence-corrected chi connectivity index (χ3v) is 4.22. The second-order valence-corrected chi connectivity index (χ2v) is 6.31. The first-order valence-electron chi connectivity index (χ1n) is 7.39. The van der Waals surface area contributed by atoms with Crippen LogP contribution in [0.2, 0.25) is 0 Å². The molecule has 0 aliphatic carbocycles. The van der Waals surface area contributed by atoms with Gasteiger partial charge < -0.3 is 10.1 Å². The highest BCUT2D eigenvalue weighted by atomic mass is 79.9. The molecule has 0 saturated carbocycles. The molecule has 0 fully saturated rings. The predicted octanol–water partition coefficient (Wildman–Crippen LogP) is 2.27. The monoisotopic (exact) mass is 389 g/mol. The Morgan fingerprint density at radius 1 is 1.38 bits per heavy atom. The predicted molar refractivity (Wildman–Crippen MR) is 91.7 cm³/mol. The van der Waals surface area contributed by atoms with Crippen LogP contribution >= 0.6 is 15.9 Å². The standard InChI is InChI=1S/C16H16BrN5O2/c1-9-13(15(24)11-4-3-5-12(17)8-11)10(2)18-14(9)16-19-21-22(20-16)6-7-23/h3-5,8,18,23H,6-7H2,1-2H3. The summed E-state index contributed by atoms with van der Waals surface area (Å²) < 4.78 is 0.855. The van der Waals surface area contributed by atoms with E-state index in [-0.39, 0.29) is 18.9 Å². The lowest BCUT2D eigenvalue weighted by Crippen LogP contribution is -2.05. The fourth-order valence-electron chi connectivity index (χ4n) is 2.62. The number of ketones is 1. The first-order chi connectivity index (χ1) is 11.5. The molecule has 0 bridgehead atoms. The molecule has 2 N–H and O–H groups in total. The number of H-pyrrole nitrogens is 1. The number of nitrogens with one attached hydrogen (secondary N) is 1. The number of aliphatic hydroxyl groups is 1. The number of hydrogen-bond donors (Lipinski definition) is 2. The minimum absolute atomic E-state index is 0.0587. The van der Waals surface area contributed by atoms with Crippen molar-refractivity contribution in [3.05, 3.63) is 51.1 Å². The van der Waals surface area contributed by atoms with Gasteiger partial charge in [0.15, 0.2) is 5.78 Å². The molecule has 0 atom stereocenters. The third kappa shape index (κ3) is 3.02. The van der Waals surface area contributed by atoms with E-state index in [9.17, 15) is 4.79 Å². The summed E-state index contributed by atoms with van der Waals surface area (Å²) in [5.74, 6) is 0.342. The van der Waals surface area contributed by atoms with Crippen LogP contribution in [-0.2, 0) is 6.54 Å². The number of aryl methyl sites for hydroxylation is 1. The summed E-state index contributed by atoms with van der Waals surface area (Å²) in [5.41, 5.74) is 3.42. The zero-order chi connectivity index (χ0) is 17.3. The first-order valence-corrected chi connectivity index (χ1v) is 8.19. The Kier molecular flexibility index (Phi) is 4.59. The molecule has 3 aromatic rings. The zero-order valence-corrected chi connectivity index (χ0v) is 14.8. The number of tetrazole rings is 1. The van der Waals surface area contributed by atoms with Crippen LogP contribution in [0.25, 0.3) is 11.5 Å². The van der Waals surface area contributed by atoms with Crippen molar-refractivity contribution in [1.29, 1.82) is 0 Å². The molecule has 0 saturated heterocycles. The fourth-order valence-corrected chi connectivity index (χ4v) is 3.01. The highest BCUT2D eigenvalue weighted by molar-refractivity contribution is 9.10. The SMILES string of the molecule is Cc1[nH]c(-c2nnn(CCO)n2)c(C)c1C(=O)c1cccc(Br)c1. The number of aliphatic hydroxyl groups excluding tert-OH is 1. The van der Waals surface area contributed by atoms with Crippen molar-refractivity contribution in [3.8, 4) is 11.5 Å². The van der Waals surface area contributed by atoms with Crippen molar-refractivity contribution in [2.45, 2.75) is 20.4 Å². The quantitative estimate of drug-likeness (QED) is 0.652. The van der Waals surface area contributed by atoms with Crippen molar-refractivity contribution >= 4 is 21.7 Å². The lowest BCUT2D eigenvalue weighted by atomic mass is 9.99. The molecule has 2 aromatic heterocycles. The van der Waals surface area contributed by atoms with Crippen LogP contribution in [-0.4, -0.2) is 42.7 Å². The van der Waals surface area contributed by atoms with Gasteiger partial charge in [0, 0.05) is 21.3 Å². The Morgan fingerprint density at radius 2 is 2.17 bits per heavy atom. The molecule has 3 rings (SSSR count). The average Bonchev–Trinajstić information content (AvgIpc) is 3.12. The number of nitrogens with zero attached hydrogens (tertiary/aromatic N) is 4. The molecule has 0 aliphatic rings. The normalized spacial score (nSPS) is 11.0. The van der Waals surface area contributed by atoms with Gasteiger partial charge in [0.1, 0.15) is 0 Å². The van der Waals surface area contributed by atoms with E-state index in [2.05, 4.69) is 36.3 Å². The lowest BCUT2D eigenvalue weighted by molar-refractivity contribution is 0.103. The molecule has 24 heavy (non-hydrogen) atoms. The summed E-state index contributed by atoms with van der Waals surface area (Å²) in [5, 5.41) is 21.0. The van der Waals surface area contributed by atoms with Crippen molar-refractivity contribution in [2.75, 3.05) is 6.61 Å². The van der Waals surface area contributed by atoms with Crippen molar-refractivity contribution < 1.29 is 9.90 Å². The number of hydrogen-bond acceptors (Lipinski definition) is 5. The van der Waals surface area contributed by atoms with Gasteiger partial charge in [-0.05, 0) is 36.8 Å². The van der Waals surface area contributed by atoms with E-state index in [0.29, 0.717) is 22.6 Å². The van der Waals surface area contributed by atoms with Crippen LogP contribution in [0.1, 0.15) is 27.2 Å². The maximum Gasteiger partial charge on any atom is 0.221 e. The van der Waals surface area contributed by atoms with Gasteiger partial charge in [-0.25, -0.2) is 0 Å². The van der Waals surface area contributed by atoms with Crippen LogP contribution in [0.15, 0.2) is 28.7 Å². The van der Waals surface area contributed by atoms with Crippen LogP contribution < -0.4 is 0 Å².